The Morgan fingerprint density at radius 3 is 2.55 bits per heavy atom. The average Bonchev–Trinajstić information content (AvgIpc) is 3.03. The van der Waals surface area contributed by atoms with Crippen LogP contribution in [0.3, 0.4) is 0 Å². The van der Waals surface area contributed by atoms with E-state index in [0.717, 1.165) is 5.69 Å². The van der Waals surface area contributed by atoms with E-state index in [1.165, 1.54) is 18.9 Å². The molecule has 1 aliphatic carbocycles. The number of hydrogen-bond acceptors (Lipinski definition) is 7. The first-order valence-electron chi connectivity index (χ1n) is 7.38. The van der Waals surface area contributed by atoms with Crippen LogP contribution < -0.4 is 0 Å². The molecule has 3 rings (SSSR count). The van der Waals surface area contributed by atoms with Crippen LogP contribution in [0.2, 0.25) is 0 Å². The molecule has 1 aromatic rings. The second-order valence-electron chi connectivity index (χ2n) is 5.61. The third kappa shape index (κ3) is 2.61. The van der Waals surface area contributed by atoms with Crippen LogP contribution in [0.5, 0.6) is 0 Å². The smallest absolute Gasteiger partial charge is 0.317 e. The number of esters is 1. The van der Waals surface area contributed by atoms with Crippen LogP contribution in [0, 0.1) is 0 Å². The van der Waals surface area contributed by atoms with Gasteiger partial charge in [0.1, 0.15) is 5.41 Å². The van der Waals surface area contributed by atoms with Gasteiger partial charge in [0.05, 0.1) is 26.0 Å². The summed E-state index contributed by atoms with van der Waals surface area (Å²) >= 11 is 1.46. The van der Waals surface area contributed by atoms with Gasteiger partial charge in [0.2, 0.25) is 0 Å². The molecule has 7 heteroatoms. The molecule has 6 nitrogen and oxygen atoms in total. The van der Waals surface area contributed by atoms with Gasteiger partial charge < -0.3 is 14.2 Å². The van der Waals surface area contributed by atoms with E-state index in [2.05, 4.69) is 9.97 Å². The third-order valence-electron chi connectivity index (χ3n) is 4.56. The largest absolute Gasteiger partial charge is 0.468 e. The standard InChI is InChI=1S/C15H20N2O4S/c1-19-12(18)14(11-3-8-16-13(17-11)22-2)4-6-15(7-5-14)20-9-10-21-15/h3,8H,4-7,9-10H2,1-2H3. The number of hydrogen-bond donors (Lipinski definition) is 0. The van der Waals surface area contributed by atoms with Crippen molar-refractivity contribution in [3.63, 3.8) is 0 Å². The maximum Gasteiger partial charge on any atom is 0.317 e. The molecule has 2 heterocycles. The van der Waals surface area contributed by atoms with E-state index < -0.39 is 11.2 Å². The van der Waals surface area contributed by atoms with E-state index in [1.54, 1.807) is 6.20 Å². The number of thioether (sulfide) groups is 1. The Bertz CT molecular complexity index is 550. The van der Waals surface area contributed by atoms with Gasteiger partial charge in [-0.3, -0.25) is 4.79 Å². The first-order chi connectivity index (χ1) is 10.6. The lowest BCUT2D eigenvalue weighted by Crippen LogP contribution is -2.47. The van der Waals surface area contributed by atoms with E-state index in [0.29, 0.717) is 44.1 Å². The fourth-order valence-corrected chi connectivity index (χ4v) is 3.67. The molecule has 0 aromatic carbocycles. The van der Waals surface area contributed by atoms with Crippen molar-refractivity contribution >= 4 is 17.7 Å². The van der Waals surface area contributed by atoms with E-state index >= 15 is 0 Å². The SMILES string of the molecule is COC(=O)C1(c2ccnc(SC)n2)CCC2(CC1)OCCO2. The number of nitrogens with zero attached hydrogens (tertiary/aromatic N) is 2. The highest BCUT2D eigenvalue weighted by atomic mass is 32.2. The van der Waals surface area contributed by atoms with Gasteiger partial charge in [0.25, 0.3) is 0 Å². The summed E-state index contributed by atoms with van der Waals surface area (Å²) in [5.74, 6) is -0.765. The number of ether oxygens (including phenoxy) is 3. The van der Waals surface area contributed by atoms with Crippen LogP contribution in [0.1, 0.15) is 31.4 Å². The van der Waals surface area contributed by atoms with Crippen molar-refractivity contribution in [2.24, 2.45) is 0 Å². The van der Waals surface area contributed by atoms with Crippen molar-refractivity contribution in [2.45, 2.75) is 42.0 Å². The number of carbonyl (C=O) groups excluding carboxylic acids is 1. The van der Waals surface area contributed by atoms with Crippen LogP contribution in [0.15, 0.2) is 17.4 Å². The lowest BCUT2D eigenvalue weighted by atomic mass is 9.69. The van der Waals surface area contributed by atoms with Crippen LogP contribution in [-0.4, -0.2) is 48.3 Å². The molecule has 2 aliphatic rings. The van der Waals surface area contributed by atoms with Crippen molar-refractivity contribution in [2.75, 3.05) is 26.6 Å². The first kappa shape index (κ1) is 15.7. The second-order valence-corrected chi connectivity index (χ2v) is 6.38. The molecule has 22 heavy (non-hydrogen) atoms. The molecule has 120 valence electrons. The molecule has 1 spiro atoms. The van der Waals surface area contributed by atoms with Gasteiger partial charge in [0.15, 0.2) is 10.9 Å². The van der Waals surface area contributed by atoms with Crippen molar-refractivity contribution in [1.29, 1.82) is 0 Å². The molecule has 1 saturated heterocycles. The molecule has 2 fully saturated rings. The molecule has 0 amide bonds. The number of carbonyl (C=O) groups is 1. The third-order valence-corrected chi connectivity index (χ3v) is 5.12. The summed E-state index contributed by atoms with van der Waals surface area (Å²) in [5, 5.41) is 0.662. The lowest BCUT2D eigenvalue weighted by Gasteiger charge is -2.41. The zero-order valence-corrected chi connectivity index (χ0v) is 13.6. The van der Waals surface area contributed by atoms with Crippen molar-refractivity contribution in [3.8, 4) is 0 Å². The van der Waals surface area contributed by atoms with Crippen LogP contribution in [0.25, 0.3) is 0 Å². The molecular formula is C15H20N2O4S. The normalized spacial score (nSPS) is 22.6. The van der Waals surface area contributed by atoms with Gasteiger partial charge in [-0.15, -0.1) is 0 Å². The molecule has 1 aliphatic heterocycles. The summed E-state index contributed by atoms with van der Waals surface area (Å²) in [5.41, 5.74) is -0.00512. The molecule has 0 N–H and O–H groups in total. The minimum absolute atomic E-state index is 0.244. The summed E-state index contributed by atoms with van der Waals surface area (Å²) in [6.45, 7) is 1.24. The van der Waals surface area contributed by atoms with Crippen LogP contribution in [-0.2, 0) is 24.4 Å². The van der Waals surface area contributed by atoms with Gasteiger partial charge in [-0.05, 0) is 25.2 Å². The highest BCUT2D eigenvalue weighted by molar-refractivity contribution is 7.98. The first-order valence-corrected chi connectivity index (χ1v) is 8.60. The molecule has 0 radical (unpaired) electrons. The average molecular weight is 324 g/mol. The molecule has 1 saturated carbocycles. The Hall–Kier alpha value is -1.18. The molecule has 0 unspecified atom stereocenters. The Labute approximate surface area is 133 Å². The number of rotatable bonds is 3. The second kappa shape index (κ2) is 6.14. The van der Waals surface area contributed by atoms with Gasteiger partial charge in [-0.25, -0.2) is 9.97 Å². The summed E-state index contributed by atoms with van der Waals surface area (Å²) in [6.07, 6.45) is 6.15. The minimum Gasteiger partial charge on any atom is -0.468 e. The van der Waals surface area contributed by atoms with Gasteiger partial charge in [-0.2, -0.15) is 0 Å². The van der Waals surface area contributed by atoms with E-state index in [1.807, 2.05) is 12.3 Å². The molecule has 0 bridgehead atoms. The molecular weight excluding hydrogens is 304 g/mol. The van der Waals surface area contributed by atoms with Crippen molar-refractivity contribution in [1.82, 2.24) is 9.97 Å². The maximum atomic E-state index is 12.5. The van der Waals surface area contributed by atoms with Gasteiger partial charge in [-0.1, -0.05) is 11.8 Å². The van der Waals surface area contributed by atoms with Gasteiger partial charge in [0, 0.05) is 19.0 Å². The predicted octanol–water partition coefficient (Wildman–Crippen LogP) is 1.93. The Balaban J connectivity index is 1.91. The van der Waals surface area contributed by atoms with Gasteiger partial charge >= 0.3 is 5.97 Å². The maximum absolute atomic E-state index is 12.5. The topological polar surface area (TPSA) is 70.5 Å². The Morgan fingerprint density at radius 2 is 1.95 bits per heavy atom. The van der Waals surface area contributed by atoms with E-state index in [4.69, 9.17) is 14.2 Å². The summed E-state index contributed by atoms with van der Waals surface area (Å²) in [4.78, 5) is 21.3. The van der Waals surface area contributed by atoms with Crippen LogP contribution >= 0.6 is 11.8 Å². The zero-order valence-electron chi connectivity index (χ0n) is 12.8. The highest BCUT2D eigenvalue weighted by Crippen LogP contribution is 2.46. The lowest BCUT2D eigenvalue weighted by molar-refractivity contribution is -0.190. The number of methoxy groups -OCH3 is 1. The molecule has 0 atom stereocenters. The quantitative estimate of drug-likeness (QED) is 0.478. The van der Waals surface area contributed by atoms with E-state index in [-0.39, 0.29) is 5.97 Å². The highest BCUT2D eigenvalue weighted by Gasteiger charge is 2.52. The summed E-state index contributed by atoms with van der Waals surface area (Å²) in [6, 6.07) is 1.81. The Morgan fingerprint density at radius 1 is 1.27 bits per heavy atom. The van der Waals surface area contributed by atoms with E-state index in [9.17, 15) is 4.79 Å². The number of aromatic nitrogens is 2. The zero-order chi connectivity index (χ0) is 15.6. The minimum atomic E-state index is -0.733. The molecule has 1 aromatic heterocycles. The fraction of sp³-hybridized carbons (Fsp3) is 0.667. The fourth-order valence-electron chi connectivity index (χ4n) is 3.31. The predicted molar refractivity (Wildman–Crippen MR) is 80.6 cm³/mol. The van der Waals surface area contributed by atoms with Crippen LogP contribution in [0.4, 0.5) is 0 Å². The summed E-state index contributed by atoms with van der Waals surface area (Å²) in [7, 11) is 1.42. The summed E-state index contributed by atoms with van der Waals surface area (Å²) < 4.78 is 16.6. The van der Waals surface area contributed by atoms with Crippen molar-refractivity contribution < 1.29 is 19.0 Å². The Kier molecular flexibility index (Phi) is 4.38. The monoisotopic (exact) mass is 324 g/mol. The van der Waals surface area contributed by atoms with Crippen molar-refractivity contribution in [3.05, 3.63) is 18.0 Å².